The number of nitrogens with zero attached hydrogens (tertiary/aromatic N) is 1. The Morgan fingerprint density at radius 3 is 1.23 bits per heavy atom. The van der Waals surface area contributed by atoms with Gasteiger partial charge in [-0.3, -0.25) is 0 Å². The van der Waals surface area contributed by atoms with Gasteiger partial charge in [-0.1, -0.05) is 20.1 Å². The van der Waals surface area contributed by atoms with Gasteiger partial charge in [-0.2, -0.15) is 0 Å². The van der Waals surface area contributed by atoms with Gasteiger partial charge in [0.15, 0.2) is 0 Å². The molecule has 0 aromatic rings. The van der Waals surface area contributed by atoms with Crippen LogP contribution in [-0.2, 0) is 43.7 Å². The maximum atomic E-state index is 10.2. The molecule has 6 heteroatoms. The molecule has 0 rings (SSSR count). The van der Waals surface area contributed by atoms with Crippen molar-refractivity contribution in [3.8, 4) is 0 Å². The summed E-state index contributed by atoms with van der Waals surface area (Å²) in [6.45, 7) is 3.06. The quantitative estimate of drug-likeness (QED) is 0.464. The second kappa shape index (κ2) is 15.6. The predicted octanol–water partition coefficient (Wildman–Crippen LogP) is -1.41. The molecular weight excluding hydrogens is 277 g/mol. The third-order valence-corrected chi connectivity index (χ3v) is 1.06. The first-order valence-electron chi connectivity index (χ1n) is 3.42. The summed E-state index contributed by atoms with van der Waals surface area (Å²) >= 11 is 0. The van der Waals surface area contributed by atoms with Crippen LogP contribution in [0.5, 0.6) is 0 Å². The normalized spacial score (nSPS) is 12.9. The van der Waals surface area contributed by atoms with Gasteiger partial charge in [0.2, 0.25) is 0 Å². The third kappa shape index (κ3) is 32.0. The first kappa shape index (κ1) is 23.7. The summed E-state index contributed by atoms with van der Waals surface area (Å²) < 4.78 is 4.19. The van der Waals surface area contributed by atoms with Gasteiger partial charge in [0.1, 0.15) is 0 Å². The second-order valence-electron chi connectivity index (χ2n) is 2.37. The van der Waals surface area contributed by atoms with E-state index in [2.05, 4.69) is 4.74 Å². The Morgan fingerprint density at radius 1 is 1.08 bits per heavy atom. The van der Waals surface area contributed by atoms with E-state index in [0.29, 0.717) is 0 Å². The van der Waals surface area contributed by atoms with E-state index >= 15 is 0 Å². The molecule has 0 aliphatic rings. The van der Waals surface area contributed by atoms with Crippen LogP contribution in [0.25, 0.3) is 0 Å². The summed E-state index contributed by atoms with van der Waals surface area (Å²) in [6, 6.07) is 0. The maximum absolute atomic E-state index is 10.2. The zero-order valence-corrected chi connectivity index (χ0v) is 15.2. The molecule has 0 heterocycles. The molecule has 0 aromatic heterocycles. The summed E-state index contributed by atoms with van der Waals surface area (Å²) in [5.74, 6) is 0. The summed E-state index contributed by atoms with van der Waals surface area (Å²) in [5, 5.41) is 19.8. The average Bonchev–Trinajstić information content (AvgIpc) is 1.89. The van der Waals surface area contributed by atoms with Crippen molar-refractivity contribution in [2.45, 2.75) is 26.4 Å². The van der Waals surface area contributed by atoms with Gasteiger partial charge < -0.3 is 19.8 Å². The minimum Gasteiger partial charge on any atom is -0.841 e. The first-order valence-corrected chi connectivity index (χ1v) is 3.42. The topological polar surface area (TPSA) is 58.6 Å². The SMILES string of the molecule is CC([O-])N(C)C.COC(C)[O-].[Zn+2].[Zn+2]. The smallest absolute Gasteiger partial charge is 0.841 e. The Bertz CT molecular complexity index is 76.1. The fourth-order valence-electron chi connectivity index (χ4n) is 0. The van der Waals surface area contributed by atoms with E-state index in [-0.39, 0.29) is 39.0 Å². The molecule has 0 saturated carbocycles. The molecule has 0 bridgehead atoms. The minimum absolute atomic E-state index is 0. The summed E-state index contributed by atoms with van der Waals surface area (Å²) in [6.07, 6.45) is -1.43. The van der Waals surface area contributed by atoms with Crippen LogP contribution < -0.4 is 10.2 Å². The fourth-order valence-corrected chi connectivity index (χ4v) is 0. The van der Waals surface area contributed by atoms with Crippen LogP contribution in [0.4, 0.5) is 0 Å². The van der Waals surface area contributed by atoms with Crippen molar-refractivity contribution in [2.75, 3.05) is 21.2 Å². The van der Waals surface area contributed by atoms with Crippen LogP contribution in [0.3, 0.4) is 0 Å². The molecule has 0 fully saturated rings. The number of rotatable bonds is 2. The fraction of sp³-hybridized carbons (Fsp3) is 1.00. The van der Waals surface area contributed by atoms with Crippen LogP contribution in [0.2, 0.25) is 0 Å². The molecule has 2 unspecified atom stereocenters. The molecule has 0 amide bonds. The Balaban J connectivity index is -0.0000000546. The average molecular weight is 294 g/mol. The van der Waals surface area contributed by atoms with E-state index < -0.39 is 12.5 Å². The summed E-state index contributed by atoms with van der Waals surface area (Å²) in [4.78, 5) is 1.61. The minimum atomic E-state index is -0.866. The molecule has 4 nitrogen and oxygen atoms in total. The van der Waals surface area contributed by atoms with Gasteiger partial charge in [-0.15, -0.1) is 0 Å². The van der Waals surface area contributed by atoms with Crippen LogP contribution in [0.1, 0.15) is 13.8 Å². The monoisotopic (exact) mass is 291 g/mol. The molecule has 0 aliphatic heterocycles. The third-order valence-electron chi connectivity index (χ3n) is 1.06. The molecule has 0 aromatic carbocycles. The Hall–Kier alpha value is 1.09. The van der Waals surface area contributed by atoms with E-state index in [1.54, 1.807) is 25.9 Å². The van der Waals surface area contributed by atoms with E-state index in [0.717, 1.165) is 0 Å². The van der Waals surface area contributed by atoms with Crippen molar-refractivity contribution < 1.29 is 53.9 Å². The van der Waals surface area contributed by atoms with Crippen molar-refractivity contribution >= 4 is 0 Å². The van der Waals surface area contributed by atoms with Crippen LogP contribution in [0.15, 0.2) is 0 Å². The van der Waals surface area contributed by atoms with Crippen LogP contribution >= 0.6 is 0 Å². The Kier molecular flexibility index (Phi) is 28.4. The molecule has 0 aliphatic carbocycles. The summed E-state index contributed by atoms with van der Waals surface area (Å²) in [7, 11) is 4.91. The van der Waals surface area contributed by atoms with Gasteiger partial charge in [0, 0.05) is 7.11 Å². The van der Waals surface area contributed by atoms with E-state index in [1.165, 1.54) is 14.0 Å². The molecule has 13 heavy (non-hydrogen) atoms. The number of hydrogen-bond donors (Lipinski definition) is 0. The van der Waals surface area contributed by atoms with Gasteiger partial charge in [-0.05, 0) is 20.4 Å². The maximum Gasteiger partial charge on any atom is 2.00 e. The van der Waals surface area contributed by atoms with E-state index in [4.69, 9.17) is 0 Å². The molecule has 0 spiro atoms. The molecule has 2 atom stereocenters. The van der Waals surface area contributed by atoms with Gasteiger partial charge >= 0.3 is 39.0 Å². The molecule has 70 valence electrons. The van der Waals surface area contributed by atoms with Crippen LogP contribution in [-0.4, -0.2) is 38.6 Å². The van der Waals surface area contributed by atoms with Crippen molar-refractivity contribution in [1.29, 1.82) is 0 Å². The zero-order valence-electron chi connectivity index (χ0n) is 9.24. The predicted molar refractivity (Wildman–Crippen MR) is 39.6 cm³/mol. The van der Waals surface area contributed by atoms with E-state index in [9.17, 15) is 10.2 Å². The van der Waals surface area contributed by atoms with E-state index in [1.807, 2.05) is 0 Å². The number of methoxy groups -OCH3 is 1. The molecule has 0 saturated heterocycles. The summed E-state index contributed by atoms with van der Waals surface area (Å²) in [5.41, 5.74) is 0. The van der Waals surface area contributed by atoms with Crippen molar-refractivity contribution in [1.82, 2.24) is 4.90 Å². The van der Waals surface area contributed by atoms with Crippen LogP contribution in [0, 0.1) is 0 Å². The number of ether oxygens (including phenoxy) is 1. The van der Waals surface area contributed by atoms with Gasteiger partial charge in [0.25, 0.3) is 0 Å². The largest absolute Gasteiger partial charge is 2.00 e. The Morgan fingerprint density at radius 2 is 1.23 bits per heavy atom. The molecule has 0 radical (unpaired) electrons. The van der Waals surface area contributed by atoms with Crippen molar-refractivity contribution in [3.63, 3.8) is 0 Å². The first-order chi connectivity index (χ1) is 4.91. The number of hydrogen-bond acceptors (Lipinski definition) is 4. The van der Waals surface area contributed by atoms with Crippen molar-refractivity contribution in [2.24, 2.45) is 0 Å². The van der Waals surface area contributed by atoms with Crippen molar-refractivity contribution in [3.05, 3.63) is 0 Å². The Labute approximate surface area is 106 Å². The molecular formula is C7H17NO3Zn2+2. The van der Waals surface area contributed by atoms with Gasteiger partial charge in [0.05, 0.1) is 0 Å². The molecule has 0 N–H and O–H groups in total. The van der Waals surface area contributed by atoms with Gasteiger partial charge in [-0.25, -0.2) is 0 Å². The second-order valence-corrected chi connectivity index (χ2v) is 2.37. The zero-order chi connectivity index (χ0) is 9.44. The standard InChI is InChI=1S/C4H10NO.C3H7O2.2Zn/c1-4(6)5(2)3;1-3(4)5-2;;/h4H,1-3H3;3H,1-2H3;;/q2*-1;2*+2.